The lowest BCUT2D eigenvalue weighted by atomic mass is 10.1. The molecule has 1 unspecified atom stereocenters. The van der Waals surface area contributed by atoms with Gasteiger partial charge < -0.3 is 9.26 Å². The summed E-state index contributed by atoms with van der Waals surface area (Å²) in [4.78, 5) is 6.26. The van der Waals surface area contributed by atoms with Crippen molar-refractivity contribution in [1.82, 2.24) is 19.8 Å². The number of likely N-dealkylation sites (tertiary alicyclic amines) is 1. The summed E-state index contributed by atoms with van der Waals surface area (Å²) >= 11 is 0. The van der Waals surface area contributed by atoms with Gasteiger partial charge in [-0.05, 0) is 31.5 Å². The Hall–Kier alpha value is -2.11. The van der Waals surface area contributed by atoms with E-state index in [1.807, 2.05) is 4.90 Å². The maximum absolute atomic E-state index is 12.5. The van der Waals surface area contributed by atoms with Gasteiger partial charge in [0.15, 0.2) is 0 Å². The molecule has 148 valence electrons. The molecule has 8 nitrogen and oxygen atoms in total. The van der Waals surface area contributed by atoms with E-state index in [4.69, 9.17) is 4.52 Å². The fourth-order valence-electron chi connectivity index (χ4n) is 3.07. The van der Waals surface area contributed by atoms with Crippen molar-refractivity contribution in [2.75, 3.05) is 19.3 Å². The van der Waals surface area contributed by atoms with Crippen molar-refractivity contribution in [2.45, 2.75) is 32.0 Å². The highest BCUT2D eigenvalue weighted by molar-refractivity contribution is 7.88. The summed E-state index contributed by atoms with van der Waals surface area (Å²) in [6.07, 6.45) is 2.73. The lowest BCUT2D eigenvalue weighted by Crippen LogP contribution is -2.47. The fourth-order valence-corrected chi connectivity index (χ4v) is 3.87. The van der Waals surface area contributed by atoms with Crippen LogP contribution in [0, 0.1) is 0 Å². The van der Waals surface area contributed by atoms with Crippen molar-refractivity contribution < 1.29 is 26.5 Å². The number of halogens is 2. The van der Waals surface area contributed by atoms with Crippen LogP contribution in [0.2, 0.25) is 0 Å². The average molecular weight is 402 g/mol. The van der Waals surface area contributed by atoms with E-state index in [0.29, 0.717) is 24.5 Å². The number of nitrogens with one attached hydrogen (secondary N) is 1. The van der Waals surface area contributed by atoms with E-state index in [-0.39, 0.29) is 17.6 Å². The fraction of sp³-hybridized carbons (Fsp3) is 0.500. The highest BCUT2D eigenvalue weighted by Gasteiger charge is 2.24. The quantitative estimate of drug-likeness (QED) is 0.755. The Bertz CT molecular complexity index is 875. The maximum Gasteiger partial charge on any atom is 0.387 e. The molecule has 1 atom stereocenters. The molecule has 0 radical (unpaired) electrons. The summed E-state index contributed by atoms with van der Waals surface area (Å²) < 4.78 is 60.2. The van der Waals surface area contributed by atoms with Gasteiger partial charge in [-0.1, -0.05) is 17.3 Å². The number of benzene rings is 1. The summed E-state index contributed by atoms with van der Waals surface area (Å²) in [5.41, 5.74) is 0.308. The molecule has 1 saturated heterocycles. The number of sulfonamides is 1. The number of para-hydroxylation sites is 1. The number of alkyl halides is 2. The third-order valence-electron chi connectivity index (χ3n) is 4.06. The smallest absolute Gasteiger partial charge is 0.387 e. The first-order chi connectivity index (χ1) is 12.8. The van der Waals surface area contributed by atoms with E-state index in [9.17, 15) is 17.2 Å². The first-order valence-electron chi connectivity index (χ1n) is 8.36. The summed E-state index contributed by atoms with van der Waals surface area (Å²) in [6, 6.07) is 6.04. The SMILES string of the molecule is CS(=O)(=O)NC1CCCN(Cc2nc(-c3ccccc3OC(F)F)no2)C1. The zero-order valence-electron chi connectivity index (χ0n) is 14.6. The largest absolute Gasteiger partial charge is 0.434 e. The molecule has 1 N–H and O–H groups in total. The molecule has 11 heteroatoms. The summed E-state index contributed by atoms with van der Waals surface area (Å²) in [5, 5.41) is 3.85. The molecule has 0 spiro atoms. The molecule has 1 aromatic heterocycles. The standard InChI is InChI=1S/C16H20F2N4O4S/c1-27(23,24)21-11-5-4-8-22(9-11)10-14-19-15(20-26-14)12-6-2-3-7-13(12)25-16(17)18/h2-3,6-7,11,16,21H,4-5,8-10H2,1H3. The lowest BCUT2D eigenvalue weighted by molar-refractivity contribution is -0.0494. The minimum atomic E-state index is -3.27. The molecule has 0 saturated carbocycles. The van der Waals surface area contributed by atoms with E-state index in [0.717, 1.165) is 25.6 Å². The molecule has 1 aliphatic heterocycles. The average Bonchev–Trinajstić information content (AvgIpc) is 3.02. The van der Waals surface area contributed by atoms with Gasteiger partial charge >= 0.3 is 6.61 Å². The van der Waals surface area contributed by atoms with Gasteiger partial charge in [-0.2, -0.15) is 13.8 Å². The Morgan fingerprint density at radius 1 is 1.41 bits per heavy atom. The Labute approximate surface area is 155 Å². The molecular formula is C16H20F2N4O4S. The van der Waals surface area contributed by atoms with Gasteiger partial charge in [-0.15, -0.1) is 0 Å². The van der Waals surface area contributed by atoms with E-state index >= 15 is 0 Å². The second kappa shape index (κ2) is 8.28. The normalized spacial score (nSPS) is 18.7. The third-order valence-corrected chi connectivity index (χ3v) is 4.82. The number of hydrogen-bond donors (Lipinski definition) is 1. The molecule has 1 aromatic carbocycles. The van der Waals surface area contributed by atoms with E-state index in [1.165, 1.54) is 6.07 Å². The minimum absolute atomic E-state index is 0.0322. The monoisotopic (exact) mass is 402 g/mol. The minimum Gasteiger partial charge on any atom is -0.434 e. The van der Waals surface area contributed by atoms with E-state index in [2.05, 4.69) is 19.6 Å². The van der Waals surface area contributed by atoms with Crippen LogP contribution in [0.25, 0.3) is 11.4 Å². The van der Waals surface area contributed by atoms with Crippen molar-refractivity contribution >= 4 is 10.0 Å². The van der Waals surface area contributed by atoms with Crippen LogP contribution in [0.3, 0.4) is 0 Å². The van der Waals surface area contributed by atoms with Crippen molar-refractivity contribution in [3.8, 4) is 17.1 Å². The molecule has 2 aromatic rings. The second-order valence-electron chi connectivity index (χ2n) is 6.35. The lowest BCUT2D eigenvalue weighted by Gasteiger charge is -2.31. The van der Waals surface area contributed by atoms with Gasteiger partial charge in [0.25, 0.3) is 0 Å². The van der Waals surface area contributed by atoms with Crippen LogP contribution in [0.5, 0.6) is 5.75 Å². The molecule has 1 fully saturated rings. The molecule has 0 bridgehead atoms. The zero-order valence-corrected chi connectivity index (χ0v) is 15.5. The Balaban J connectivity index is 1.68. The number of nitrogens with zero attached hydrogens (tertiary/aromatic N) is 3. The van der Waals surface area contributed by atoms with Crippen LogP contribution in [-0.4, -0.2) is 55.5 Å². The molecular weight excluding hydrogens is 382 g/mol. The second-order valence-corrected chi connectivity index (χ2v) is 8.13. The Kier molecular flexibility index (Phi) is 6.02. The predicted molar refractivity (Wildman–Crippen MR) is 92.6 cm³/mol. The van der Waals surface area contributed by atoms with Gasteiger partial charge in [0.1, 0.15) is 5.75 Å². The van der Waals surface area contributed by atoms with Gasteiger partial charge in [-0.25, -0.2) is 13.1 Å². The number of hydrogen-bond acceptors (Lipinski definition) is 7. The summed E-state index contributed by atoms with van der Waals surface area (Å²) in [6.45, 7) is -1.32. The zero-order chi connectivity index (χ0) is 19.4. The number of ether oxygens (including phenoxy) is 1. The topological polar surface area (TPSA) is 97.6 Å². The summed E-state index contributed by atoms with van der Waals surface area (Å²) in [7, 11) is -3.27. The van der Waals surface area contributed by atoms with Gasteiger partial charge in [0, 0.05) is 12.6 Å². The van der Waals surface area contributed by atoms with Crippen molar-refractivity contribution in [2.24, 2.45) is 0 Å². The van der Waals surface area contributed by atoms with E-state index < -0.39 is 16.6 Å². The number of rotatable bonds is 7. The summed E-state index contributed by atoms with van der Waals surface area (Å²) in [5.74, 6) is 0.441. The molecule has 1 aliphatic rings. The van der Waals surface area contributed by atoms with Crippen molar-refractivity contribution in [3.05, 3.63) is 30.2 Å². The van der Waals surface area contributed by atoms with Crippen molar-refractivity contribution in [1.29, 1.82) is 0 Å². The molecule has 3 rings (SSSR count). The van der Waals surface area contributed by atoms with Crippen LogP contribution < -0.4 is 9.46 Å². The van der Waals surface area contributed by atoms with Crippen LogP contribution in [-0.2, 0) is 16.6 Å². The highest BCUT2D eigenvalue weighted by Crippen LogP contribution is 2.29. The van der Waals surface area contributed by atoms with Crippen LogP contribution in [0.15, 0.2) is 28.8 Å². The first kappa shape index (κ1) is 19.6. The Morgan fingerprint density at radius 2 is 2.19 bits per heavy atom. The van der Waals surface area contributed by atoms with Gasteiger partial charge in [-0.3, -0.25) is 4.90 Å². The molecule has 27 heavy (non-hydrogen) atoms. The van der Waals surface area contributed by atoms with Crippen LogP contribution in [0.4, 0.5) is 8.78 Å². The van der Waals surface area contributed by atoms with Crippen molar-refractivity contribution in [3.63, 3.8) is 0 Å². The molecule has 2 heterocycles. The predicted octanol–water partition coefficient (Wildman–Crippen LogP) is 1.85. The van der Waals surface area contributed by atoms with Gasteiger partial charge in [0.05, 0.1) is 18.4 Å². The highest BCUT2D eigenvalue weighted by atomic mass is 32.2. The van der Waals surface area contributed by atoms with E-state index in [1.54, 1.807) is 18.2 Å². The first-order valence-corrected chi connectivity index (χ1v) is 10.3. The Morgan fingerprint density at radius 3 is 2.93 bits per heavy atom. The maximum atomic E-state index is 12.5. The van der Waals surface area contributed by atoms with Crippen LogP contribution >= 0.6 is 0 Å². The third kappa shape index (κ3) is 5.68. The van der Waals surface area contributed by atoms with Crippen LogP contribution in [0.1, 0.15) is 18.7 Å². The molecule has 0 aliphatic carbocycles. The number of piperidine rings is 1. The van der Waals surface area contributed by atoms with Gasteiger partial charge in [0.2, 0.25) is 21.7 Å². The number of aromatic nitrogens is 2. The molecule has 0 amide bonds.